The molecule has 0 unspecified atom stereocenters. The molecule has 2 rings (SSSR count). The van der Waals surface area contributed by atoms with Crippen LogP contribution in [-0.4, -0.2) is 41.5 Å². The van der Waals surface area contributed by atoms with Gasteiger partial charge in [0, 0.05) is 39.9 Å². The van der Waals surface area contributed by atoms with Crippen LogP contribution in [0.3, 0.4) is 0 Å². The Kier molecular flexibility index (Phi) is 4.25. The molecule has 0 saturated carbocycles. The summed E-state index contributed by atoms with van der Waals surface area (Å²) >= 11 is 3.29. The summed E-state index contributed by atoms with van der Waals surface area (Å²) in [6.45, 7) is 2.45. The zero-order valence-electron chi connectivity index (χ0n) is 9.93. The van der Waals surface area contributed by atoms with Gasteiger partial charge in [-0.05, 0) is 24.6 Å². The summed E-state index contributed by atoms with van der Waals surface area (Å²) in [5, 5.41) is 0. The van der Waals surface area contributed by atoms with Crippen LogP contribution >= 0.6 is 15.9 Å². The molecular weight excluding hydrogens is 338 g/mol. The lowest BCUT2D eigenvalue weighted by atomic mass is 10.2. The Morgan fingerprint density at radius 1 is 1.28 bits per heavy atom. The van der Waals surface area contributed by atoms with Gasteiger partial charge in [-0.3, -0.25) is 4.21 Å². The SMILES string of the molecule is Cc1ccc(Br)cc1S(=O)(=O)N1CCS(=O)CC1. The van der Waals surface area contributed by atoms with Crippen molar-refractivity contribution in [2.24, 2.45) is 0 Å². The normalized spacial score (nSPS) is 19.0. The molecule has 0 N–H and O–H groups in total. The zero-order chi connectivity index (χ0) is 13.3. The van der Waals surface area contributed by atoms with Gasteiger partial charge in [-0.15, -0.1) is 0 Å². The van der Waals surface area contributed by atoms with Gasteiger partial charge in [-0.25, -0.2) is 8.42 Å². The molecule has 0 spiro atoms. The first-order valence-electron chi connectivity index (χ1n) is 5.52. The quantitative estimate of drug-likeness (QED) is 0.811. The lowest BCUT2D eigenvalue weighted by Gasteiger charge is -2.26. The summed E-state index contributed by atoms with van der Waals surface area (Å²) in [5.41, 5.74) is 0.727. The molecule has 1 aromatic rings. The van der Waals surface area contributed by atoms with E-state index in [9.17, 15) is 12.6 Å². The Labute approximate surface area is 118 Å². The van der Waals surface area contributed by atoms with Crippen molar-refractivity contribution in [2.45, 2.75) is 11.8 Å². The number of sulfonamides is 1. The Balaban J connectivity index is 2.36. The molecule has 1 saturated heterocycles. The second kappa shape index (κ2) is 5.40. The molecule has 100 valence electrons. The van der Waals surface area contributed by atoms with Gasteiger partial charge in [-0.2, -0.15) is 4.31 Å². The topological polar surface area (TPSA) is 54.5 Å². The Morgan fingerprint density at radius 2 is 1.89 bits per heavy atom. The molecule has 1 fully saturated rings. The van der Waals surface area contributed by atoms with Crippen molar-refractivity contribution >= 4 is 36.8 Å². The van der Waals surface area contributed by atoms with Gasteiger partial charge < -0.3 is 0 Å². The van der Waals surface area contributed by atoms with Gasteiger partial charge in [-0.1, -0.05) is 22.0 Å². The number of benzene rings is 1. The van der Waals surface area contributed by atoms with Crippen molar-refractivity contribution in [3.63, 3.8) is 0 Å². The average Bonchev–Trinajstić information content (AvgIpc) is 2.32. The fourth-order valence-corrected chi connectivity index (χ4v) is 5.34. The monoisotopic (exact) mass is 351 g/mol. The first-order valence-corrected chi connectivity index (χ1v) is 9.24. The minimum Gasteiger partial charge on any atom is -0.259 e. The standard InChI is InChI=1S/C11H14BrNO3S2/c1-9-2-3-10(12)8-11(9)18(15,16)13-4-6-17(14)7-5-13/h2-3,8H,4-7H2,1H3. The molecule has 1 aliphatic rings. The third-order valence-electron chi connectivity index (χ3n) is 2.90. The maximum atomic E-state index is 12.5. The van der Waals surface area contributed by atoms with Gasteiger partial charge in [0.1, 0.15) is 0 Å². The van der Waals surface area contributed by atoms with Crippen LogP contribution in [0.4, 0.5) is 0 Å². The molecule has 18 heavy (non-hydrogen) atoms. The van der Waals surface area contributed by atoms with Crippen LogP contribution in [0, 0.1) is 6.92 Å². The van der Waals surface area contributed by atoms with Crippen molar-refractivity contribution in [1.29, 1.82) is 0 Å². The molecule has 1 heterocycles. The fraction of sp³-hybridized carbons (Fsp3) is 0.455. The summed E-state index contributed by atoms with van der Waals surface area (Å²) in [6, 6.07) is 5.22. The van der Waals surface area contributed by atoms with Crippen molar-refractivity contribution in [3.05, 3.63) is 28.2 Å². The number of halogens is 1. The van der Waals surface area contributed by atoms with Gasteiger partial charge in [0.15, 0.2) is 0 Å². The zero-order valence-corrected chi connectivity index (χ0v) is 13.1. The highest BCUT2D eigenvalue weighted by molar-refractivity contribution is 9.10. The highest BCUT2D eigenvalue weighted by Crippen LogP contribution is 2.24. The van der Waals surface area contributed by atoms with E-state index in [1.165, 1.54) is 4.31 Å². The number of aryl methyl sites for hydroxylation is 1. The highest BCUT2D eigenvalue weighted by atomic mass is 79.9. The average molecular weight is 352 g/mol. The van der Waals surface area contributed by atoms with Crippen LogP contribution in [-0.2, 0) is 20.8 Å². The highest BCUT2D eigenvalue weighted by Gasteiger charge is 2.29. The molecule has 0 bridgehead atoms. The molecule has 0 aliphatic carbocycles. The molecule has 0 atom stereocenters. The van der Waals surface area contributed by atoms with E-state index in [-0.39, 0.29) is 0 Å². The maximum absolute atomic E-state index is 12.5. The molecule has 1 aliphatic heterocycles. The van der Waals surface area contributed by atoms with Crippen LogP contribution in [0.5, 0.6) is 0 Å². The van der Waals surface area contributed by atoms with E-state index in [1.807, 2.05) is 6.07 Å². The molecular formula is C11H14BrNO3S2. The van der Waals surface area contributed by atoms with Gasteiger partial charge in [0.25, 0.3) is 0 Å². The number of rotatable bonds is 2. The maximum Gasteiger partial charge on any atom is 0.243 e. The minimum absolute atomic E-state index is 0.324. The number of hydrogen-bond donors (Lipinski definition) is 0. The first-order chi connectivity index (χ1) is 8.41. The van der Waals surface area contributed by atoms with Gasteiger partial charge in [0.05, 0.1) is 4.90 Å². The van der Waals surface area contributed by atoms with E-state index in [0.29, 0.717) is 29.5 Å². The predicted octanol–water partition coefficient (Wildman–Crippen LogP) is 1.51. The summed E-state index contributed by atoms with van der Waals surface area (Å²) in [7, 11) is -4.35. The van der Waals surface area contributed by atoms with Crippen molar-refractivity contribution < 1.29 is 12.6 Å². The van der Waals surface area contributed by atoms with E-state index < -0.39 is 20.8 Å². The Hall–Kier alpha value is -0.240. The smallest absolute Gasteiger partial charge is 0.243 e. The lowest BCUT2D eigenvalue weighted by Crippen LogP contribution is -2.41. The van der Waals surface area contributed by atoms with Gasteiger partial charge >= 0.3 is 0 Å². The van der Waals surface area contributed by atoms with Crippen LogP contribution in [0.25, 0.3) is 0 Å². The third kappa shape index (κ3) is 2.84. The largest absolute Gasteiger partial charge is 0.259 e. The molecule has 7 heteroatoms. The van der Waals surface area contributed by atoms with Crippen LogP contribution in [0.2, 0.25) is 0 Å². The minimum atomic E-state index is -3.47. The van der Waals surface area contributed by atoms with E-state index in [4.69, 9.17) is 0 Å². The first kappa shape index (κ1) is 14.2. The van der Waals surface area contributed by atoms with E-state index in [1.54, 1.807) is 19.1 Å². The number of nitrogens with zero attached hydrogens (tertiary/aromatic N) is 1. The van der Waals surface area contributed by atoms with E-state index in [0.717, 1.165) is 10.0 Å². The summed E-state index contributed by atoms with van der Waals surface area (Å²) < 4.78 is 38.4. The Bertz CT molecular complexity index is 576. The fourth-order valence-electron chi connectivity index (χ4n) is 1.85. The summed E-state index contributed by atoms with van der Waals surface area (Å²) in [5.74, 6) is 0.846. The van der Waals surface area contributed by atoms with Crippen LogP contribution < -0.4 is 0 Å². The Morgan fingerprint density at radius 3 is 2.50 bits per heavy atom. The van der Waals surface area contributed by atoms with Crippen LogP contribution in [0.1, 0.15) is 5.56 Å². The van der Waals surface area contributed by atoms with Crippen molar-refractivity contribution in [2.75, 3.05) is 24.6 Å². The van der Waals surface area contributed by atoms with Gasteiger partial charge in [0.2, 0.25) is 10.0 Å². The molecule has 4 nitrogen and oxygen atoms in total. The predicted molar refractivity (Wildman–Crippen MR) is 75.5 cm³/mol. The third-order valence-corrected chi connectivity index (χ3v) is 6.71. The summed E-state index contributed by atoms with van der Waals surface area (Å²) in [4.78, 5) is 0.324. The molecule has 0 aromatic heterocycles. The lowest BCUT2D eigenvalue weighted by molar-refractivity contribution is 0.438. The van der Waals surface area contributed by atoms with E-state index >= 15 is 0 Å². The summed E-state index contributed by atoms with van der Waals surface area (Å²) in [6.07, 6.45) is 0. The molecule has 0 amide bonds. The molecule has 0 radical (unpaired) electrons. The van der Waals surface area contributed by atoms with E-state index in [2.05, 4.69) is 15.9 Å². The molecule has 1 aromatic carbocycles. The van der Waals surface area contributed by atoms with Crippen molar-refractivity contribution in [1.82, 2.24) is 4.31 Å². The van der Waals surface area contributed by atoms with Crippen LogP contribution in [0.15, 0.2) is 27.6 Å². The van der Waals surface area contributed by atoms with Crippen molar-refractivity contribution in [3.8, 4) is 0 Å². The number of hydrogen-bond acceptors (Lipinski definition) is 3. The second-order valence-electron chi connectivity index (χ2n) is 4.16. The second-order valence-corrected chi connectivity index (χ2v) is 8.68.